The number of anilines is 1. The molecule has 2 aromatic carbocycles. The highest BCUT2D eigenvalue weighted by molar-refractivity contribution is 14.0. The van der Waals surface area contributed by atoms with Gasteiger partial charge in [0.05, 0.1) is 19.4 Å². The Morgan fingerprint density at radius 3 is 2.44 bits per heavy atom. The van der Waals surface area contributed by atoms with E-state index in [1.54, 1.807) is 13.2 Å². The number of aliphatic imine (C=N–C) groups is 1. The summed E-state index contributed by atoms with van der Waals surface area (Å²) in [7, 11) is 1.67. The standard InChI is InChI=1S/C24H34N4O3.HI/c1-3-25-24(26-13-6-18-31-19-20-9-11-21(30-2)12-10-20)28-16-14-27(15-17-28)22-7-4-5-8-23(22)29;/h4-5,7-12,29H,3,6,13-19H2,1-2H3,(H,25,26);1H. The van der Waals surface area contributed by atoms with Crippen molar-refractivity contribution < 1.29 is 14.6 Å². The second-order valence-corrected chi connectivity index (χ2v) is 7.45. The van der Waals surface area contributed by atoms with Crippen molar-refractivity contribution in [3.8, 4) is 11.5 Å². The lowest BCUT2D eigenvalue weighted by atomic mass is 10.2. The Morgan fingerprint density at radius 1 is 1.06 bits per heavy atom. The van der Waals surface area contributed by atoms with E-state index in [2.05, 4.69) is 22.0 Å². The number of guanidine groups is 1. The molecule has 0 saturated carbocycles. The van der Waals surface area contributed by atoms with Crippen LogP contribution >= 0.6 is 24.0 Å². The van der Waals surface area contributed by atoms with E-state index < -0.39 is 0 Å². The number of piperazine rings is 1. The van der Waals surface area contributed by atoms with Crippen molar-refractivity contribution in [2.75, 3.05) is 57.9 Å². The molecular weight excluding hydrogens is 519 g/mol. The minimum absolute atomic E-state index is 0. The molecule has 1 heterocycles. The summed E-state index contributed by atoms with van der Waals surface area (Å²) in [6.45, 7) is 8.38. The molecular formula is C24H35IN4O3. The summed E-state index contributed by atoms with van der Waals surface area (Å²) in [5, 5.41) is 13.5. The molecule has 1 fully saturated rings. The van der Waals surface area contributed by atoms with Gasteiger partial charge in [0.2, 0.25) is 0 Å². The minimum atomic E-state index is 0. The highest BCUT2D eigenvalue weighted by Gasteiger charge is 2.21. The van der Waals surface area contributed by atoms with E-state index in [1.807, 2.05) is 42.5 Å². The Balaban J connectivity index is 0.00000363. The zero-order valence-electron chi connectivity index (χ0n) is 19.0. The number of ether oxygens (including phenoxy) is 2. The van der Waals surface area contributed by atoms with Crippen molar-refractivity contribution in [3.63, 3.8) is 0 Å². The van der Waals surface area contributed by atoms with E-state index in [-0.39, 0.29) is 24.0 Å². The van der Waals surface area contributed by atoms with E-state index in [0.29, 0.717) is 19.0 Å². The van der Waals surface area contributed by atoms with Crippen molar-refractivity contribution in [2.45, 2.75) is 20.0 Å². The maximum Gasteiger partial charge on any atom is 0.194 e. The van der Waals surface area contributed by atoms with Crippen LogP contribution in [-0.4, -0.2) is 69.0 Å². The normalized spacial score (nSPS) is 14.1. The second-order valence-electron chi connectivity index (χ2n) is 7.45. The van der Waals surface area contributed by atoms with E-state index in [4.69, 9.17) is 14.5 Å². The third kappa shape index (κ3) is 7.74. The molecule has 1 aliphatic heterocycles. The van der Waals surface area contributed by atoms with Crippen LogP contribution in [0.3, 0.4) is 0 Å². The Morgan fingerprint density at radius 2 is 1.78 bits per heavy atom. The minimum Gasteiger partial charge on any atom is -0.506 e. The van der Waals surface area contributed by atoms with Crippen molar-refractivity contribution in [2.24, 2.45) is 4.99 Å². The molecule has 0 spiro atoms. The predicted octanol–water partition coefficient (Wildman–Crippen LogP) is 3.71. The molecule has 0 aliphatic carbocycles. The van der Waals surface area contributed by atoms with E-state index in [1.165, 1.54) is 0 Å². The lowest BCUT2D eigenvalue weighted by Crippen LogP contribution is -2.52. The summed E-state index contributed by atoms with van der Waals surface area (Å²) in [4.78, 5) is 9.30. The summed E-state index contributed by atoms with van der Waals surface area (Å²) < 4.78 is 11.0. The number of phenolic OH excluding ortho intramolecular Hbond substituents is 1. The zero-order chi connectivity index (χ0) is 21.9. The lowest BCUT2D eigenvalue weighted by molar-refractivity contribution is 0.120. The van der Waals surface area contributed by atoms with Gasteiger partial charge < -0.3 is 29.7 Å². The molecule has 0 aromatic heterocycles. The Kier molecular flexibility index (Phi) is 11.4. The topological polar surface area (TPSA) is 69.6 Å². The van der Waals surface area contributed by atoms with Crippen molar-refractivity contribution in [3.05, 3.63) is 54.1 Å². The summed E-state index contributed by atoms with van der Waals surface area (Å²) >= 11 is 0. The van der Waals surface area contributed by atoms with Gasteiger partial charge in [-0.05, 0) is 43.2 Å². The molecule has 0 unspecified atom stereocenters. The summed E-state index contributed by atoms with van der Waals surface area (Å²) in [6, 6.07) is 15.5. The second kappa shape index (κ2) is 14.1. The first-order chi connectivity index (χ1) is 15.2. The van der Waals surface area contributed by atoms with Crippen LogP contribution in [0.25, 0.3) is 0 Å². The average Bonchev–Trinajstić information content (AvgIpc) is 2.81. The SMILES string of the molecule is CCNC(=NCCCOCc1ccc(OC)cc1)N1CCN(c2ccccc2O)CC1.I. The van der Waals surface area contributed by atoms with Crippen molar-refractivity contribution in [1.29, 1.82) is 0 Å². The number of para-hydroxylation sites is 2. The fourth-order valence-corrected chi connectivity index (χ4v) is 3.58. The molecule has 32 heavy (non-hydrogen) atoms. The maximum atomic E-state index is 10.1. The van der Waals surface area contributed by atoms with E-state index in [0.717, 1.165) is 68.6 Å². The highest BCUT2D eigenvalue weighted by Crippen LogP contribution is 2.27. The molecule has 0 bridgehead atoms. The third-order valence-electron chi connectivity index (χ3n) is 5.27. The number of halogens is 1. The van der Waals surface area contributed by atoms with Gasteiger partial charge in [-0.2, -0.15) is 0 Å². The Bertz CT molecular complexity index is 824. The zero-order valence-corrected chi connectivity index (χ0v) is 21.3. The summed E-state index contributed by atoms with van der Waals surface area (Å²) in [6.07, 6.45) is 0.878. The fourth-order valence-electron chi connectivity index (χ4n) is 3.58. The van der Waals surface area contributed by atoms with Crippen molar-refractivity contribution in [1.82, 2.24) is 10.2 Å². The monoisotopic (exact) mass is 554 g/mol. The number of hydrogen-bond acceptors (Lipinski definition) is 5. The quantitative estimate of drug-likeness (QED) is 0.213. The van der Waals surface area contributed by atoms with Gasteiger partial charge in [-0.25, -0.2) is 0 Å². The highest BCUT2D eigenvalue weighted by atomic mass is 127. The van der Waals surface area contributed by atoms with E-state index >= 15 is 0 Å². The fraction of sp³-hybridized carbons (Fsp3) is 0.458. The number of benzene rings is 2. The van der Waals surface area contributed by atoms with Crippen LogP contribution in [0, 0.1) is 0 Å². The van der Waals surface area contributed by atoms with Gasteiger partial charge in [-0.15, -0.1) is 24.0 Å². The largest absolute Gasteiger partial charge is 0.506 e. The molecule has 176 valence electrons. The summed E-state index contributed by atoms with van der Waals surface area (Å²) in [5.74, 6) is 2.15. The molecule has 0 radical (unpaired) electrons. The van der Waals surface area contributed by atoms with Crippen LogP contribution < -0.4 is 15.0 Å². The number of phenols is 1. The first kappa shape index (κ1) is 26.1. The van der Waals surface area contributed by atoms with Gasteiger partial charge in [-0.1, -0.05) is 24.3 Å². The van der Waals surface area contributed by atoms with Crippen LogP contribution in [0.5, 0.6) is 11.5 Å². The van der Waals surface area contributed by atoms with Gasteiger partial charge >= 0.3 is 0 Å². The molecule has 7 nitrogen and oxygen atoms in total. The Hall–Kier alpha value is -2.20. The number of nitrogens with zero attached hydrogens (tertiary/aromatic N) is 3. The third-order valence-corrected chi connectivity index (χ3v) is 5.27. The average molecular weight is 554 g/mol. The van der Waals surface area contributed by atoms with Gasteiger partial charge in [0.15, 0.2) is 5.96 Å². The first-order valence-electron chi connectivity index (χ1n) is 11.0. The van der Waals surface area contributed by atoms with Crippen molar-refractivity contribution >= 4 is 35.6 Å². The van der Waals surface area contributed by atoms with Gasteiger partial charge in [0.1, 0.15) is 11.5 Å². The maximum absolute atomic E-state index is 10.1. The number of hydrogen-bond donors (Lipinski definition) is 2. The number of nitrogens with one attached hydrogen (secondary N) is 1. The van der Waals surface area contributed by atoms with Crippen LogP contribution in [0.1, 0.15) is 18.9 Å². The van der Waals surface area contributed by atoms with Crippen LogP contribution in [0.4, 0.5) is 5.69 Å². The van der Waals surface area contributed by atoms with Crippen LogP contribution in [0.2, 0.25) is 0 Å². The molecule has 2 aromatic rings. The van der Waals surface area contributed by atoms with Crippen LogP contribution in [-0.2, 0) is 11.3 Å². The molecule has 8 heteroatoms. The molecule has 0 amide bonds. The molecule has 1 saturated heterocycles. The molecule has 2 N–H and O–H groups in total. The lowest BCUT2D eigenvalue weighted by Gasteiger charge is -2.37. The molecule has 1 aliphatic rings. The molecule has 3 rings (SSSR count). The first-order valence-corrected chi connectivity index (χ1v) is 11.0. The van der Waals surface area contributed by atoms with Gasteiger partial charge in [0.25, 0.3) is 0 Å². The van der Waals surface area contributed by atoms with Gasteiger partial charge in [0, 0.05) is 45.9 Å². The number of methoxy groups -OCH3 is 1. The Labute approximate surface area is 208 Å². The number of rotatable bonds is 9. The predicted molar refractivity (Wildman–Crippen MR) is 141 cm³/mol. The smallest absolute Gasteiger partial charge is 0.194 e. The molecule has 0 atom stereocenters. The number of aromatic hydroxyl groups is 1. The van der Waals surface area contributed by atoms with E-state index in [9.17, 15) is 5.11 Å². The van der Waals surface area contributed by atoms with Crippen LogP contribution in [0.15, 0.2) is 53.5 Å². The van der Waals surface area contributed by atoms with Gasteiger partial charge in [-0.3, -0.25) is 4.99 Å². The summed E-state index contributed by atoms with van der Waals surface area (Å²) in [5.41, 5.74) is 2.04.